The Morgan fingerprint density at radius 1 is 1.58 bits per heavy atom. The molecule has 1 atom stereocenters. The summed E-state index contributed by atoms with van der Waals surface area (Å²) < 4.78 is 7.63. The average molecular weight is 329 g/mol. The molecule has 1 aromatic rings. The van der Waals surface area contributed by atoms with Gasteiger partial charge in [-0.15, -0.1) is 0 Å². The third-order valence-electron chi connectivity index (χ3n) is 3.80. The molecule has 1 aromatic heterocycles. The van der Waals surface area contributed by atoms with Gasteiger partial charge in [-0.25, -0.2) is 0 Å². The van der Waals surface area contributed by atoms with Crippen LogP contribution in [0.4, 0.5) is 0 Å². The van der Waals surface area contributed by atoms with E-state index in [4.69, 9.17) is 4.74 Å². The Morgan fingerprint density at radius 2 is 2.26 bits per heavy atom. The predicted molar refractivity (Wildman–Crippen MR) is 72.7 cm³/mol. The van der Waals surface area contributed by atoms with Gasteiger partial charge in [-0.1, -0.05) is 6.92 Å². The monoisotopic (exact) mass is 328 g/mol. The van der Waals surface area contributed by atoms with Gasteiger partial charge in [0.2, 0.25) is 0 Å². The fraction of sp³-hybridized carbons (Fsp3) is 0.615. The maximum atomic E-state index is 12.0. The van der Waals surface area contributed by atoms with Crippen molar-refractivity contribution >= 4 is 27.7 Å². The van der Waals surface area contributed by atoms with Crippen LogP contribution in [0.1, 0.15) is 31.7 Å². The summed E-state index contributed by atoms with van der Waals surface area (Å²) in [6.07, 6.45) is 1.58. The molecule has 0 bridgehead atoms. The van der Waals surface area contributed by atoms with Gasteiger partial charge in [-0.05, 0) is 29.3 Å². The van der Waals surface area contributed by atoms with Crippen LogP contribution in [0, 0.1) is 5.41 Å². The molecule has 104 valence electrons. The summed E-state index contributed by atoms with van der Waals surface area (Å²) in [7, 11) is 1.83. The lowest BCUT2D eigenvalue weighted by Gasteiger charge is -2.21. The minimum Gasteiger partial charge on any atom is -0.465 e. The molecular weight excluding hydrogens is 312 g/mol. The van der Waals surface area contributed by atoms with E-state index in [9.17, 15) is 9.59 Å². The fourth-order valence-electron chi connectivity index (χ4n) is 2.46. The van der Waals surface area contributed by atoms with E-state index in [1.165, 1.54) is 6.92 Å². The zero-order chi connectivity index (χ0) is 14.2. The minimum absolute atomic E-state index is 0.138. The van der Waals surface area contributed by atoms with Crippen molar-refractivity contribution in [3.8, 4) is 0 Å². The van der Waals surface area contributed by atoms with Gasteiger partial charge in [0.25, 0.3) is 0 Å². The Morgan fingerprint density at radius 3 is 2.68 bits per heavy atom. The molecule has 6 heteroatoms. The number of cyclic esters (lactones) is 1. The number of hydrogen-bond acceptors (Lipinski definition) is 4. The van der Waals surface area contributed by atoms with Crippen LogP contribution in [0.5, 0.6) is 0 Å². The molecule has 2 heterocycles. The summed E-state index contributed by atoms with van der Waals surface area (Å²) in [5, 5.41) is 4.39. The largest absolute Gasteiger partial charge is 0.465 e. The molecule has 0 N–H and O–H groups in total. The Bertz CT molecular complexity index is 538. The van der Waals surface area contributed by atoms with Crippen molar-refractivity contribution in [1.29, 1.82) is 0 Å². The summed E-state index contributed by atoms with van der Waals surface area (Å²) in [5.74, 6) is -0.549. The van der Waals surface area contributed by atoms with Crippen molar-refractivity contribution in [2.24, 2.45) is 12.5 Å². The Balaban J connectivity index is 2.41. The molecule has 0 spiro atoms. The Labute approximate surface area is 120 Å². The molecule has 0 aliphatic carbocycles. The second-order valence-corrected chi connectivity index (χ2v) is 5.68. The zero-order valence-electron chi connectivity index (χ0n) is 11.3. The van der Waals surface area contributed by atoms with Gasteiger partial charge in [-0.3, -0.25) is 14.3 Å². The van der Waals surface area contributed by atoms with Crippen LogP contribution in [0.25, 0.3) is 0 Å². The summed E-state index contributed by atoms with van der Waals surface area (Å²) in [6.45, 7) is 3.79. The van der Waals surface area contributed by atoms with Crippen LogP contribution in [0.3, 0.4) is 0 Å². The van der Waals surface area contributed by atoms with Crippen LogP contribution in [-0.4, -0.2) is 28.1 Å². The number of ether oxygens (including phenoxy) is 1. The van der Waals surface area contributed by atoms with Crippen LogP contribution < -0.4 is 0 Å². The molecule has 0 amide bonds. The predicted octanol–water partition coefficient (Wildman–Crippen LogP) is 1.81. The summed E-state index contributed by atoms with van der Waals surface area (Å²) in [4.78, 5) is 23.9. The highest BCUT2D eigenvalue weighted by molar-refractivity contribution is 9.10. The number of rotatable bonds is 4. The van der Waals surface area contributed by atoms with Crippen LogP contribution in [-0.2, 0) is 34.2 Å². The number of halogens is 1. The molecule has 0 radical (unpaired) electrons. The fourth-order valence-corrected chi connectivity index (χ4v) is 3.22. The third-order valence-corrected chi connectivity index (χ3v) is 4.71. The zero-order valence-corrected chi connectivity index (χ0v) is 12.9. The maximum absolute atomic E-state index is 12.0. The van der Waals surface area contributed by atoms with Gasteiger partial charge in [0, 0.05) is 19.9 Å². The van der Waals surface area contributed by atoms with Crippen molar-refractivity contribution in [1.82, 2.24) is 9.78 Å². The van der Waals surface area contributed by atoms with E-state index in [2.05, 4.69) is 21.0 Å². The van der Waals surface area contributed by atoms with E-state index < -0.39 is 11.4 Å². The number of nitrogens with zero attached hydrogens (tertiary/aromatic N) is 2. The first-order valence-electron chi connectivity index (χ1n) is 6.31. The number of ketones is 1. The lowest BCUT2D eigenvalue weighted by atomic mass is 9.78. The molecule has 1 fully saturated rings. The van der Waals surface area contributed by atoms with Crippen LogP contribution in [0.2, 0.25) is 0 Å². The number of carbonyl (C=O) groups excluding carboxylic acids is 2. The lowest BCUT2D eigenvalue weighted by molar-refractivity contribution is -0.150. The first-order valence-corrected chi connectivity index (χ1v) is 7.10. The molecule has 1 saturated heterocycles. The van der Waals surface area contributed by atoms with Crippen LogP contribution in [0.15, 0.2) is 4.47 Å². The summed E-state index contributed by atoms with van der Waals surface area (Å²) >= 11 is 3.52. The van der Waals surface area contributed by atoms with Crippen LogP contribution >= 0.6 is 15.9 Å². The first-order chi connectivity index (χ1) is 8.92. The molecule has 2 rings (SSSR count). The quantitative estimate of drug-likeness (QED) is 0.624. The second kappa shape index (κ2) is 5.07. The van der Waals surface area contributed by atoms with E-state index in [0.29, 0.717) is 19.4 Å². The van der Waals surface area contributed by atoms with Crippen molar-refractivity contribution in [2.45, 2.75) is 33.1 Å². The Kier molecular flexibility index (Phi) is 3.80. The lowest BCUT2D eigenvalue weighted by Crippen LogP contribution is -2.37. The normalized spacial score (nSPS) is 22.6. The molecule has 1 unspecified atom stereocenters. The number of hydrogen-bond donors (Lipinski definition) is 0. The molecule has 0 aromatic carbocycles. The van der Waals surface area contributed by atoms with Crippen molar-refractivity contribution in [2.75, 3.05) is 6.61 Å². The SMILES string of the molecule is CCc1nn(C)c(CC2(C(C)=O)CCOC2=O)c1Br. The van der Waals surface area contributed by atoms with Gasteiger partial charge >= 0.3 is 5.97 Å². The number of carbonyl (C=O) groups is 2. The van der Waals surface area contributed by atoms with Crippen molar-refractivity contribution in [3.63, 3.8) is 0 Å². The average Bonchev–Trinajstić information content (AvgIpc) is 2.85. The van der Waals surface area contributed by atoms with E-state index >= 15 is 0 Å². The van der Waals surface area contributed by atoms with E-state index in [-0.39, 0.29) is 5.78 Å². The highest BCUT2D eigenvalue weighted by Crippen LogP contribution is 2.37. The summed E-state index contributed by atoms with van der Waals surface area (Å²) in [5.41, 5.74) is 0.759. The standard InChI is InChI=1S/C13H17BrN2O3/c1-4-9-11(14)10(16(3)15-9)7-13(8(2)17)5-6-19-12(13)18/h4-7H2,1-3H3. The first kappa shape index (κ1) is 14.2. The molecule has 0 saturated carbocycles. The van der Waals surface area contributed by atoms with E-state index in [1.807, 2.05) is 14.0 Å². The third kappa shape index (κ3) is 2.22. The smallest absolute Gasteiger partial charge is 0.320 e. The number of esters is 1. The van der Waals surface area contributed by atoms with E-state index in [1.54, 1.807) is 4.68 Å². The van der Waals surface area contributed by atoms with Gasteiger partial charge in [0.1, 0.15) is 11.2 Å². The number of Topliss-reactive ketones (excluding diaryl/α,β-unsaturated/α-hetero) is 1. The van der Waals surface area contributed by atoms with Crippen molar-refractivity contribution < 1.29 is 14.3 Å². The van der Waals surface area contributed by atoms with Gasteiger partial charge in [0.05, 0.1) is 22.5 Å². The molecule has 5 nitrogen and oxygen atoms in total. The second-order valence-electron chi connectivity index (χ2n) is 4.89. The molecule has 1 aliphatic rings. The topological polar surface area (TPSA) is 61.2 Å². The number of aromatic nitrogens is 2. The minimum atomic E-state index is -1.04. The van der Waals surface area contributed by atoms with Crippen molar-refractivity contribution in [3.05, 3.63) is 15.9 Å². The van der Waals surface area contributed by atoms with Gasteiger partial charge < -0.3 is 4.74 Å². The Hall–Kier alpha value is -1.17. The van der Waals surface area contributed by atoms with E-state index in [0.717, 1.165) is 22.3 Å². The highest BCUT2D eigenvalue weighted by Gasteiger charge is 2.49. The molecule has 1 aliphatic heterocycles. The molecular formula is C13H17BrN2O3. The highest BCUT2D eigenvalue weighted by atomic mass is 79.9. The maximum Gasteiger partial charge on any atom is 0.320 e. The van der Waals surface area contributed by atoms with Gasteiger partial charge in [-0.2, -0.15) is 5.10 Å². The number of aryl methyl sites for hydroxylation is 2. The van der Waals surface area contributed by atoms with Gasteiger partial charge in [0.15, 0.2) is 0 Å². The summed E-state index contributed by atoms with van der Waals surface area (Å²) in [6, 6.07) is 0. The molecule has 19 heavy (non-hydrogen) atoms.